The van der Waals surface area contributed by atoms with Crippen molar-refractivity contribution in [3.05, 3.63) is 29.8 Å². The number of hydrogen-bond acceptors (Lipinski definition) is 2. The molecule has 0 fully saturated rings. The molecule has 1 aromatic rings. The predicted octanol–water partition coefficient (Wildman–Crippen LogP) is 4.84. The van der Waals surface area contributed by atoms with Gasteiger partial charge in [-0.1, -0.05) is 63.1 Å². The zero-order valence-electron chi connectivity index (χ0n) is 13.1. The lowest BCUT2D eigenvalue weighted by Crippen LogP contribution is -1.98. The van der Waals surface area contributed by atoms with Gasteiger partial charge in [0.05, 0.1) is 6.61 Å². The Labute approximate surface area is 124 Å². The molecule has 0 heterocycles. The van der Waals surface area contributed by atoms with E-state index in [1.807, 2.05) is 6.07 Å². The molecule has 0 radical (unpaired) electrons. The summed E-state index contributed by atoms with van der Waals surface area (Å²) < 4.78 is 5.80. The highest BCUT2D eigenvalue weighted by Gasteiger charge is 1.97. The molecule has 2 N–H and O–H groups in total. The normalized spacial score (nSPS) is 10.7. The largest absolute Gasteiger partial charge is 0.493 e. The fraction of sp³-hybridized carbons (Fsp3) is 0.667. The Morgan fingerprint density at radius 3 is 1.95 bits per heavy atom. The Hall–Kier alpha value is -1.02. The Bertz CT molecular complexity index is 338. The van der Waals surface area contributed by atoms with Crippen molar-refractivity contribution in [1.82, 2.24) is 0 Å². The zero-order valence-corrected chi connectivity index (χ0v) is 13.1. The minimum absolute atomic E-state index is 0.848. The number of aryl methyl sites for hydroxylation is 1. The van der Waals surface area contributed by atoms with Crippen LogP contribution in [0.5, 0.6) is 5.75 Å². The highest BCUT2D eigenvalue weighted by atomic mass is 16.5. The lowest BCUT2D eigenvalue weighted by molar-refractivity contribution is 0.302. The lowest BCUT2D eigenvalue weighted by Gasteiger charge is -2.08. The van der Waals surface area contributed by atoms with Gasteiger partial charge in [-0.2, -0.15) is 0 Å². The zero-order chi connectivity index (χ0) is 14.5. The van der Waals surface area contributed by atoms with Gasteiger partial charge < -0.3 is 10.5 Å². The molecule has 0 aromatic heterocycles. The molecule has 0 bridgehead atoms. The van der Waals surface area contributed by atoms with Crippen molar-refractivity contribution in [3.8, 4) is 5.75 Å². The van der Waals surface area contributed by atoms with E-state index < -0.39 is 0 Å². The first-order valence-corrected chi connectivity index (χ1v) is 8.23. The van der Waals surface area contributed by atoms with Gasteiger partial charge in [0.1, 0.15) is 5.75 Å². The minimum atomic E-state index is 0.848. The molecule has 114 valence electrons. The number of benzene rings is 1. The molecule has 0 aliphatic rings. The summed E-state index contributed by atoms with van der Waals surface area (Å²) in [4.78, 5) is 0. The summed E-state index contributed by atoms with van der Waals surface area (Å²) in [6.45, 7) is 3.79. The van der Waals surface area contributed by atoms with E-state index >= 15 is 0 Å². The Balaban J connectivity index is 1.87. The molecule has 0 aliphatic heterocycles. The van der Waals surface area contributed by atoms with Gasteiger partial charge in [-0.15, -0.1) is 0 Å². The van der Waals surface area contributed by atoms with Crippen molar-refractivity contribution < 1.29 is 4.74 Å². The Morgan fingerprint density at radius 2 is 1.35 bits per heavy atom. The second kappa shape index (κ2) is 11.8. The average molecular weight is 277 g/mol. The van der Waals surface area contributed by atoms with Gasteiger partial charge in [0, 0.05) is 0 Å². The van der Waals surface area contributed by atoms with Crippen molar-refractivity contribution in [2.75, 3.05) is 13.2 Å². The first-order chi connectivity index (χ1) is 9.84. The molecule has 2 nitrogen and oxygen atoms in total. The maximum atomic E-state index is 5.80. The molecule has 0 saturated carbocycles. The fourth-order valence-electron chi connectivity index (χ4n) is 2.38. The smallest absolute Gasteiger partial charge is 0.122 e. The van der Waals surface area contributed by atoms with Crippen LogP contribution < -0.4 is 10.5 Å². The van der Waals surface area contributed by atoms with E-state index in [9.17, 15) is 0 Å². The monoisotopic (exact) mass is 277 g/mol. The molecule has 2 heteroatoms. The quantitative estimate of drug-likeness (QED) is 0.555. The van der Waals surface area contributed by atoms with Crippen LogP contribution in [0.3, 0.4) is 0 Å². The molecule has 0 spiro atoms. The van der Waals surface area contributed by atoms with E-state index in [-0.39, 0.29) is 0 Å². The van der Waals surface area contributed by atoms with Gasteiger partial charge in [0.2, 0.25) is 0 Å². The third kappa shape index (κ3) is 8.21. The van der Waals surface area contributed by atoms with Crippen LogP contribution in [0.2, 0.25) is 0 Å². The summed E-state index contributed by atoms with van der Waals surface area (Å²) in [5, 5.41) is 0. The third-order valence-electron chi connectivity index (χ3n) is 3.70. The topological polar surface area (TPSA) is 35.2 Å². The van der Waals surface area contributed by atoms with Gasteiger partial charge in [-0.25, -0.2) is 0 Å². The SMILES string of the molecule is Cc1ccccc1OCCCCCCCCCCCN. The van der Waals surface area contributed by atoms with Crippen LogP contribution in [0.4, 0.5) is 0 Å². The second-order valence-corrected chi connectivity index (χ2v) is 5.58. The molecular weight excluding hydrogens is 246 g/mol. The maximum absolute atomic E-state index is 5.80. The van der Waals surface area contributed by atoms with Gasteiger partial charge in [0.15, 0.2) is 0 Å². The van der Waals surface area contributed by atoms with Crippen molar-refractivity contribution in [1.29, 1.82) is 0 Å². The van der Waals surface area contributed by atoms with Crippen LogP contribution in [0.25, 0.3) is 0 Å². The molecule has 0 aliphatic carbocycles. The molecule has 20 heavy (non-hydrogen) atoms. The molecule has 0 saturated heterocycles. The summed E-state index contributed by atoms with van der Waals surface area (Å²) in [5.41, 5.74) is 6.70. The first kappa shape index (κ1) is 17.0. The van der Waals surface area contributed by atoms with Crippen molar-refractivity contribution >= 4 is 0 Å². The van der Waals surface area contributed by atoms with Crippen LogP contribution in [0.15, 0.2) is 24.3 Å². The van der Waals surface area contributed by atoms with Crippen molar-refractivity contribution in [3.63, 3.8) is 0 Å². The van der Waals surface area contributed by atoms with Crippen LogP contribution in [0, 0.1) is 6.92 Å². The number of nitrogens with two attached hydrogens (primary N) is 1. The van der Waals surface area contributed by atoms with Crippen LogP contribution in [-0.4, -0.2) is 13.2 Å². The van der Waals surface area contributed by atoms with Crippen LogP contribution >= 0.6 is 0 Å². The number of hydrogen-bond donors (Lipinski definition) is 1. The number of ether oxygens (including phenoxy) is 1. The van der Waals surface area contributed by atoms with E-state index in [1.165, 1.54) is 63.4 Å². The predicted molar refractivity (Wildman–Crippen MR) is 87.3 cm³/mol. The van der Waals surface area contributed by atoms with E-state index in [0.29, 0.717) is 0 Å². The Morgan fingerprint density at radius 1 is 0.800 bits per heavy atom. The molecule has 0 unspecified atom stereocenters. The minimum Gasteiger partial charge on any atom is -0.493 e. The maximum Gasteiger partial charge on any atom is 0.122 e. The second-order valence-electron chi connectivity index (χ2n) is 5.58. The molecular formula is C18H31NO. The van der Waals surface area contributed by atoms with Crippen molar-refractivity contribution in [2.24, 2.45) is 5.73 Å². The molecule has 0 atom stereocenters. The highest BCUT2D eigenvalue weighted by Crippen LogP contribution is 2.17. The third-order valence-corrected chi connectivity index (χ3v) is 3.70. The van der Waals surface area contributed by atoms with E-state index in [2.05, 4.69) is 25.1 Å². The van der Waals surface area contributed by atoms with Gasteiger partial charge >= 0.3 is 0 Å². The fourth-order valence-corrected chi connectivity index (χ4v) is 2.38. The number of unbranched alkanes of at least 4 members (excludes halogenated alkanes) is 8. The van der Waals surface area contributed by atoms with Gasteiger partial charge in [-0.3, -0.25) is 0 Å². The van der Waals surface area contributed by atoms with E-state index in [0.717, 1.165) is 18.9 Å². The summed E-state index contributed by atoms with van der Waals surface area (Å²) >= 11 is 0. The first-order valence-electron chi connectivity index (χ1n) is 8.23. The lowest BCUT2D eigenvalue weighted by atomic mass is 10.1. The van der Waals surface area contributed by atoms with Crippen LogP contribution in [-0.2, 0) is 0 Å². The highest BCUT2D eigenvalue weighted by molar-refractivity contribution is 5.31. The van der Waals surface area contributed by atoms with E-state index in [1.54, 1.807) is 0 Å². The molecule has 1 rings (SSSR count). The average Bonchev–Trinajstić information content (AvgIpc) is 2.46. The number of rotatable bonds is 12. The standard InChI is InChI=1S/C18H31NO/c1-17-13-9-10-14-18(17)20-16-12-8-6-4-2-3-5-7-11-15-19/h9-10,13-14H,2-8,11-12,15-16,19H2,1H3. The summed E-state index contributed by atoms with van der Waals surface area (Å²) in [6.07, 6.45) is 11.8. The summed E-state index contributed by atoms with van der Waals surface area (Å²) in [5.74, 6) is 1.03. The van der Waals surface area contributed by atoms with Crippen molar-refractivity contribution in [2.45, 2.75) is 64.7 Å². The number of para-hydroxylation sites is 1. The molecule has 1 aromatic carbocycles. The van der Waals surface area contributed by atoms with E-state index in [4.69, 9.17) is 10.5 Å². The van der Waals surface area contributed by atoms with Gasteiger partial charge in [-0.05, 0) is 37.9 Å². The molecule has 0 amide bonds. The summed E-state index contributed by atoms with van der Waals surface area (Å²) in [6, 6.07) is 8.24. The Kier molecular flexibility index (Phi) is 10.0. The summed E-state index contributed by atoms with van der Waals surface area (Å²) in [7, 11) is 0. The van der Waals surface area contributed by atoms with Crippen LogP contribution in [0.1, 0.15) is 63.4 Å². The van der Waals surface area contributed by atoms with Gasteiger partial charge in [0.25, 0.3) is 0 Å².